The molecule has 3 saturated heterocycles. The average Bonchev–Trinajstić information content (AvgIpc) is 3.90. The maximum Gasteiger partial charge on any atom is 0.283 e. The summed E-state index contributed by atoms with van der Waals surface area (Å²) in [5.41, 5.74) is 6.11. The van der Waals surface area contributed by atoms with Crippen LogP contribution in [-0.4, -0.2) is 85.8 Å². The first-order valence-corrected chi connectivity index (χ1v) is 21.6. The van der Waals surface area contributed by atoms with Gasteiger partial charge in [-0.2, -0.15) is 4.98 Å². The van der Waals surface area contributed by atoms with Crippen LogP contribution in [0.15, 0.2) is 51.7 Å². The molecule has 1 saturated carbocycles. The number of halogens is 2. The van der Waals surface area contributed by atoms with Crippen LogP contribution in [0.25, 0.3) is 27.7 Å². The van der Waals surface area contributed by atoms with Crippen molar-refractivity contribution in [3.63, 3.8) is 0 Å². The molecule has 3 amide bonds. The molecule has 0 unspecified atom stereocenters. The second kappa shape index (κ2) is 13.3. The molecule has 1 N–H and O–H groups in total. The van der Waals surface area contributed by atoms with Gasteiger partial charge in [0.2, 0.25) is 17.6 Å². The lowest BCUT2D eigenvalue weighted by atomic mass is 9.82. The number of nitrogens with one attached hydrogen (secondary N) is 1. The number of imide groups is 1. The van der Waals surface area contributed by atoms with E-state index in [9.17, 15) is 19.2 Å². The number of anilines is 1. The Bertz CT molecular complexity index is 2620. The lowest BCUT2D eigenvalue weighted by Crippen LogP contribution is -2.66. The maximum atomic E-state index is 13.5. The Labute approximate surface area is 342 Å². The number of carbonyl (C=O) groups is 3. The summed E-state index contributed by atoms with van der Waals surface area (Å²) in [4.78, 5) is 62.3. The maximum absolute atomic E-state index is 13.5. The van der Waals surface area contributed by atoms with Gasteiger partial charge in [0, 0.05) is 61.8 Å². The molecule has 12 nitrogen and oxygen atoms in total. The van der Waals surface area contributed by atoms with Gasteiger partial charge in [-0.3, -0.25) is 33.8 Å². The van der Waals surface area contributed by atoms with E-state index in [4.69, 9.17) is 16.3 Å². The van der Waals surface area contributed by atoms with Crippen molar-refractivity contribution in [3.05, 3.63) is 79.0 Å². The van der Waals surface area contributed by atoms with Gasteiger partial charge in [0.15, 0.2) is 0 Å². The predicted octanol–water partition coefficient (Wildman–Crippen LogP) is 6.39. The van der Waals surface area contributed by atoms with Crippen molar-refractivity contribution < 1.29 is 19.1 Å². The van der Waals surface area contributed by atoms with Gasteiger partial charge in [-0.25, -0.2) is 0 Å². The van der Waals surface area contributed by atoms with E-state index < -0.39 is 11.9 Å². The summed E-state index contributed by atoms with van der Waals surface area (Å²) in [5.74, 6) is 1.20. The third-order valence-electron chi connectivity index (χ3n) is 13.7. The normalized spacial score (nSPS) is 22.8. The smallest absolute Gasteiger partial charge is 0.283 e. The number of hydrogen-bond acceptors (Lipinski definition) is 8. The van der Waals surface area contributed by atoms with Crippen molar-refractivity contribution in [2.75, 3.05) is 37.6 Å². The first-order chi connectivity index (χ1) is 27.6. The molecule has 4 fully saturated rings. The zero-order valence-electron chi connectivity index (χ0n) is 31.6. The fraction of sp³-hybridized carbons (Fsp3) is 0.465. The van der Waals surface area contributed by atoms with E-state index in [2.05, 4.69) is 63.2 Å². The largest absolute Gasteiger partial charge is 0.484 e. The summed E-state index contributed by atoms with van der Waals surface area (Å²) >= 11 is 10.8. The van der Waals surface area contributed by atoms with E-state index in [1.54, 1.807) is 4.90 Å². The number of benzene rings is 3. The Morgan fingerprint density at radius 1 is 0.912 bits per heavy atom. The molecule has 0 radical (unpaired) electrons. The topological polar surface area (TPSA) is 121 Å². The highest BCUT2D eigenvalue weighted by atomic mass is 79.9. The summed E-state index contributed by atoms with van der Waals surface area (Å²) in [7, 11) is 0. The monoisotopic (exact) mass is 851 g/mol. The van der Waals surface area contributed by atoms with Crippen molar-refractivity contribution in [2.24, 2.45) is 5.92 Å². The number of likely N-dealkylation sites (tertiary alicyclic amines) is 1. The third kappa shape index (κ3) is 5.73. The van der Waals surface area contributed by atoms with Crippen LogP contribution in [0.4, 0.5) is 5.69 Å². The Kier molecular flexibility index (Phi) is 8.32. The molecule has 0 bridgehead atoms. The van der Waals surface area contributed by atoms with E-state index in [1.165, 1.54) is 12.8 Å². The number of fused-ring (bicyclic) bond motifs is 7. The molecule has 5 aliphatic heterocycles. The molecule has 11 rings (SSSR count). The lowest BCUT2D eigenvalue weighted by molar-refractivity contribution is -0.136. The Morgan fingerprint density at radius 2 is 1.72 bits per heavy atom. The van der Waals surface area contributed by atoms with Gasteiger partial charge in [0.1, 0.15) is 17.4 Å². The van der Waals surface area contributed by atoms with Crippen LogP contribution in [0.5, 0.6) is 5.75 Å². The predicted molar refractivity (Wildman–Crippen MR) is 220 cm³/mol. The second-order valence-corrected chi connectivity index (χ2v) is 18.5. The molecule has 5 aromatic rings. The Balaban J connectivity index is 0.770. The molecule has 1 aliphatic carbocycles. The molecule has 3 aromatic carbocycles. The van der Waals surface area contributed by atoms with Crippen molar-refractivity contribution in [3.8, 4) is 5.75 Å². The molecule has 7 heterocycles. The van der Waals surface area contributed by atoms with Crippen molar-refractivity contribution in [2.45, 2.75) is 88.4 Å². The van der Waals surface area contributed by atoms with Gasteiger partial charge in [-0.15, -0.1) is 0 Å². The number of rotatable bonds is 5. The number of nitrogens with zero attached hydrogens (tertiary/aromatic N) is 6. The SMILES string of the molecule is O=C1CC[C@H](N2Cc3cc4c(cc3C2=O)OC2(CC4)CN(CC3CCN(c4cc5c(cc4Cl)n4c6cccc(Br)c6c(=O)nc4n5C4CCCC4)CC3)C2)C(=O)N1. The van der Waals surface area contributed by atoms with Gasteiger partial charge in [0.25, 0.3) is 11.5 Å². The third-order valence-corrected chi connectivity index (χ3v) is 14.6. The minimum Gasteiger partial charge on any atom is -0.484 e. The van der Waals surface area contributed by atoms with E-state index in [0.29, 0.717) is 40.6 Å². The zero-order valence-corrected chi connectivity index (χ0v) is 33.9. The van der Waals surface area contributed by atoms with Gasteiger partial charge in [0.05, 0.1) is 32.6 Å². The summed E-state index contributed by atoms with van der Waals surface area (Å²) in [6, 6.07) is 13.8. The van der Waals surface area contributed by atoms with E-state index >= 15 is 0 Å². The number of hydrogen-bond donors (Lipinski definition) is 1. The first kappa shape index (κ1) is 35.7. The number of carbonyl (C=O) groups excluding carboxylic acids is 3. The van der Waals surface area contributed by atoms with Crippen LogP contribution in [0.3, 0.4) is 0 Å². The molecule has 1 spiro atoms. The highest BCUT2D eigenvalue weighted by Gasteiger charge is 2.48. The van der Waals surface area contributed by atoms with Gasteiger partial charge < -0.3 is 19.1 Å². The quantitative estimate of drug-likeness (QED) is 0.202. The zero-order chi connectivity index (χ0) is 38.7. The highest BCUT2D eigenvalue weighted by molar-refractivity contribution is 9.10. The minimum absolute atomic E-state index is 0.166. The first-order valence-electron chi connectivity index (χ1n) is 20.4. The number of piperidine rings is 2. The van der Waals surface area contributed by atoms with Crippen LogP contribution < -0.4 is 20.5 Å². The Morgan fingerprint density at radius 3 is 2.51 bits per heavy atom. The van der Waals surface area contributed by atoms with Gasteiger partial charge in [-0.1, -0.05) is 30.5 Å². The van der Waals surface area contributed by atoms with Crippen LogP contribution in [-0.2, 0) is 22.6 Å². The van der Waals surface area contributed by atoms with Crippen molar-refractivity contribution in [1.29, 1.82) is 0 Å². The average molecular weight is 853 g/mol. The second-order valence-electron chi connectivity index (χ2n) is 17.2. The van der Waals surface area contributed by atoms with Gasteiger partial charge >= 0.3 is 0 Å². The standard InChI is InChI=1S/C43H43BrClN7O5/c44-29-6-3-7-31-38(29)40(55)47-42-51(27-4-1-2-5-27)35-19-33(30(45)18-34(35)52(31)42)49-14-11-24(12-15-49)20-48-22-43(23-48)13-10-25-16-26-21-50(32-8-9-37(53)46-39(32)54)41(56)28(26)17-36(25)57-43/h3,6-7,16-19,24,27,32H,1-2,4-5,8-15,20-23H2,(H,46,53,54)/t32-/m0/s1. The van der Waals surface area contributed by atoms with Crippen LogP contribution in [0.2, 0.25) is 5.02 Å². The summed E-state index contributed by atoms with van der Waals surface area (Å²) < 4.78 is 11.9. The minimum atomic E-state index is -0.621. The number of ether oxygens (including phenoxy) is 1. The molecular weight excluding hydrogens is 810 g/mol. The molecular formula is C43H43BrClN7O5. The summed E-state index contributed by atoms with van der Waals surface area (Å²) in [6.45, 7) is 4.99. The summed E-state index contributed by atoms with van der Waals surface area (Å²) in [6.07, 6.45) is 9.04. The molecule has 14 heteroatoms. The fourth-order valence-electron chi connectivity index (χ4n) is 10.8. The van der Waals surface area contributed by atoms with E-state index in [-0.39, 0.29) is 35.4 Å². The molecule has 1 atom stereocenters. The van der Waals surface area contributed by atoms with E-state index in [0.717, 1.165) is 115 Å². The molecule has 57 heavy (non-hydrogen) atoms. The number of amides is 3. The summed E-state index contributed by atoms with van der Waals surface area (Å²) in [5, 5.41) is 3.68. The van der Waals surface area contributed by atoms with Crippen LogP contribution >= 0.6 is 27.5 Å². The van der Waals surface area contributed by atoms with Crippen LogP contribution in [0.1, 0.15) is 85.3 Å². The number of imidazole rings is 1. The Hall–Kier alpha value is -4.46. The molecule has 2 aromatic heterocycles. The van der Waals surface area contributed by atoms with Crippen molar-refractivity contribution >= 4 is 78.7 Å². The highest BCUT2D eigenvalue weighted by Crippen LogP contribution is 2.44. The molecule has 6 aliphatic rings. The number of aromatic nitrogens is 3. The lowest BCUT2D eigenvalue weighted by Gasteiger charge is -2.53. The molecule has 294 valence electrons. The fourth-order valence-corrected chi connectivity index (χ4v) is 11.6. The van der Waals surface area contributed by atoms with Crippen LogP contribution in [0, 0.1) is 5.92 Å². The van der Waals surface area contributed by atoms with Gasteiger partial charge in [-0.05, 0) is 114 Å². The van der Waals surface area contributed by atoms with Crippen molar-refractivity contribution in [1.82, 2.24) is 29.1 Å². The number of aryl methyl sites for hydroxylation is 1. The van der Waals surface area contributed by atoms with E-state index in [1.807, 2.05) is 24.3 Å².